The van der Waals surface area contributed by atoms with Gasteiger partial charge in [-0.3, -0.25) is 0 Å². The second-order valence-electron chi connectivity index (χ2n) is 3.00. The first kappa shape index (κ1) is 10.0. The highest BCUT2D eigenvalue weighted by atomic mass is 16.4. The minimum atomic E-state index is -1.23. The number of carbonyl (C=O) groups is 1. The first-order chi connectivity index (χ1) is 7.75. The molecule has 0 bridgehead atoms. The molecule has 0 atom stereocenters. The summed E-state index contributed by atoms with van der Waals surface area (Å²) in [5.41, 5.74) is 1.49. The highest BCUT2D eigenvalue weighted by molar-refractivity contribution is 5.83. The van der Waals surface area contributed by atoms with Gasteiger partial charge in [-0.1, -0.05) is 18.2 Å². The fourth-order valence-corrected chi connectivity index (χ4v) is 1.21. The van der Waals surface area contributed by atoms with E-state index >= 15 is 0 Å². The molecule has 0 saturated heterocycles. The zero-order valence-corrected chi connectivity index (χ0v) is 8.15. The summed E-state index contributed by atoms with van der Waals surface area (Å²) in [6.07, 6.45) is 3.88. The number of tetrazole rings is 1. The zero-order valence-electron chi connectivity index (χ0n) is 8.15. The first-order valence-corrected chi connectivity index (χ1v) is 4.48. The molecule has 0 saturated carbocycles. The van der Waals surface area contributed by atoms with Crippen LogP contribution in [0.5, 0.6) is 0 Å². The predicted octanol–water partition coefficient (Wildman–Crippen LogP) is -0.575. The predicted molar refractivity (Wildman–Crippen MR) is 53.2 cm³/mol. The second kappa shape index (κ2) is 4.35. The maximum absolute atomic E-state index is 10.3. The summed E-state index contributed by atoms with van der Waals surface area (Å²) in [6.45, 7) is 0. The minimum Gasteiger partial charge on any atom is -0.545 e. The number of carboxylic acid groups (broad SMARTS) is 1. The quantitative estimate of drug-likeness (QED) is 0.640. The third-order valence-corrected chi connectivity index (χ3v) is 1.90. The van der Waals surface area contributed by atoms with Crippen molar-refractivity contribution in [1.29, 1.82) is 0 Å². The molecule has 16 heavy (non-hydrogen) atoms. The van der Waals surface area contributed by atoms with E-state index in [0.29, 0.717) is 0 Å². The highest BCUT2D eigenvalue weighted by Gasteiger charge is 1.97. The standard InChI is InChI=1S/C10H8N4O2/c15-10(16)5-4-8-2-1-3-9(6-8)14-7-11-12-13-14/h1-7H,(H,15,16)/p-1/b5-4-. The van der Waals surface area contributed by atoms with Gasteiger partial charge >= 0.3 is 0 Å². The van der Waals surface area contributed by atoms with Gasteiger partial charge in [0.1, 0.15) is 6.33 Å². The van der Waals surface area contributed by atoms with Crippen LogP contribution in [0.4, 0.5) is 0 Å². The molecule has 1 aromatic heterocycles. The summed E-state index contributed by atoms with van der Waals surface area (Å²) in [6, 6.07) is 7.13. The summed E-state index contributed by atoms with van der Waals surface area (Å²) in [7, 11) is 0. The van der Waals surface area contributed by atoms with Gasteiger partial charge in [0, 0.05) is 0 Å². The van der Waals surface area contributed by atoms with Gasteiger partial charge in [-0.25, -0.2) is 4.68 Å². The summed E-state index contributed by atoms with van der Waals surface area (Å²) in [4.78, 5) is 10.3. The Kier molecular flexibility index (Phi) is 2.73. The molecule has 1 aromatic carbocycles. The number of hydrogen-bond donors (Lipinski definition) is 0. The smallest absolute Gasteiger partial charge is 0.143 e. The van der Waals surface area contributed by atoms with Crippen LogP contribution in [0.25, 0.3) is 11.8 Å². The van der Waals surface area contributed by atoms with Crippen molar-refractivity contribution in [2.45, 2.75) is 0 Å². The van der Waals surface area contributed by atoms with Crippen LogP contribution in [0.1, 0.15) is 5.56 Å². The van der Waals surface area contributed by atoms with E-state index in [9.17, 15) is 9.90 Å². The lowest BCUT2D eigenvalue weighted by molar-refractivity contribution is -0.297. The van der Waals surface area contributed by atoms with Crippen LogP contribution in [0.3, 0.4) is 0 Å². The van der Waals surface area contributed by atoms with E-state index in [1.807, 2.05) is 6.07 Å². The maximum atomic E-state index is 10.3. The molecule has 6 heteroatoms. The van der Waals surface area contributed by atoms with Crippen LogP contribution in [0.2, 0.25) is 0 Å². The molecule has 0 aliphatic rings. The van der Waals surface area contributed by atoms with E-state index in [-0.39, 0.29) is 0 Å². The molecule has 0 amide bonds. The average Bonchev–Trinajstić information content (AvgIpc) is 2.80. The number of carboxylic acids is 1. The van der Waals surface area contributed by atoms with Crippen LogP contribution in [0, 0.1) is 0 Å². The third kappa shape index (κ3) is 2.30. The summed E-state index contributed by atoms with van der Waals surface area (Å²) < 4.78 is 1.48. The monoisotopic (exact) mass is 215 g/mol. The van der Waals surface area contributed by atoms with Crippen molar-refractivity contribution in [1.82, 2.24) is 20.2 Å². The van der Waals surface area contributed by atoms with Crippen LogP contribution >= 0.6 is 0 Å². The number of rotatable bonds is 3. The van der Waals surface area contributed by atoms with Crippen molar-refractivity contribution in [2.24, 2.45) is 0 Å². The Balaban J connectivity index is 2.30. The van der Waals surface area contributed by atoms with E-state index in [1.54, 1.807) is 18.2 Å². The number of nitrogens with zero attached hydrogens (tertiary/aromatic N) is 4. The van der Waals surface area contributed by atoms with Crippen molar-refractivity contribution in [3.8, 4) is 5.69 Å². The van der Waals surface area contributed by atoms with Crippen LogP contribution < -0.4 is 5.11 Å². The lowest BCUT2D eigenvalue weighted by Gasteiger charge is -2.00. The molecule has 0 aliphatic carbocycles. The van der Waals surface area contributed by atoms with Gasteiger partial charge in [0.25, 0.3) is 0 Å². The molecule has 2 rings (SSSR count). The number of aromatic nitrogens is 4. The van der Waals surface area contributed by atoms with Gasteiger partial charge in [-0.2, -0.15) is 0 Å². The number of hydrogen-bond acceptors (Lipinski definition) is 5. The van der Waals surface area contributed by atoms with Crippen molar-refractivity contribution < 1.29 is 9.90 Å². The van der Waals surface area contributed by atoms with Crippen molar-refractivity contribution in [2.75, 3.05) is 0 Å². The maximum Gasteiger partial charge on any atom is 0.143 e. The Morgan fingerprint density at radius 2 is 2.31 bits per heavy atom. The molecule has 0 N–H and O–H groups in total. The largest absolute Gasteiger partial charge is 0.545 e. The van der Waals surface area contributed by atoms with E-state index in [0.717, 1.165) is 17.3 Å². The number of benzene rings is 1. The van der Waals surface area contributed by atoms with Crippen LogP contribution in [-0.4, -0.2) is 26.2 Å². The molecular weight excluding hydrogens is 208 g/mol. The third-order valence-electron chi connectivity index (χ3n) is 1.90. The van der Waals surface area contributed by atoms with Gasteiger partial charge in [-0.05, 0) is 34.2 Å². The molecular formula is C10H7N4O2-. The van der Waals surface area contributed by atoms with Crippen LogP contribution in [0.15, 0.2) is 36.7 Å². The fourth-order valence-electron chi connectivity index (χ4n) is 1.21. The van der Waals surface area contributed by atoms with E-state index in [1.165, 1.54) is 17.1 Å². The lowest BCUT2D eigenvalue weighted by Crippen LogP contribution is -2.18. The molecule has 0 radical (unpaired) electrons. The summed E-state index contributed by atoms with van der Waals surface area (Å²) >= 11 is 0. The zero-order chi connectivity index (χ0) is 11.4. The number of aliphatic carboxylic acids is 1. The van der Waals surface area contributed by atoms with Gasteiger partial charge in [0.15, 0.2) is 0 Å². The Morgan fingerprint density at radius 3 is 3.00 bits per heavy atom. The Bertz CT molecular complexity index is 519. The normalized spacial score (nSPS) is 10.8. The highest BCUT2D eigenvalue weighted by Crippen LogP contribution is 2.09. The van der Waals surface area contributed by atoms with Crippen molar-refractivity contribution in [3.05, 3.63) is 42.2 Å². The van der Waals surface area contributed by atoms with Crippen molar-refractivity contribution in [3.63, 3.8) is 0 Å². The van der Waals surface area contributed by atoms with Gasteiger partial charge in [-0.15, -0.1) is 5.10 Å². The molecule has 2 aromatic rings. The van der Waals surface area contributed by atoms with E-state index in [4.69, 9.17) is 0 Å². The minimum absolute atomic E-state index is 0.734. The summed E-state index contributed by atoms with van der Waals surface area (Å²) in [5, 5.41) is 21.0. The molecule has 0 spiro atoms. The molecule has 1 heterocycles. The second-order valence-corrected chi connectivity index (χ2v) is 3.00. The van der Waals surface area contributed by atoms with Gasteiger partial charge < -0.3 is 9.90 Å². The lowest BCUT2D eigenvalue weighted by atomic mass is 10.2. The average molecular weight is 215 g/mol. The molecule has 80 valence electrons. The molecule has 0 fully saturated rings. The first-order valence-electron chi connectivity index (χ1n) is 4.48. The molecule has 0 aliphatic heterocycles. The van der Waals surface area contributed by atoms with Crippen molar-refractivity contribution >= 4 is 12.0 Å². The number of carbonyl (C=O) groups excluding carboxylic acids is 1. The Hall–Kier alpha value is -2.50. The Labute approximate surface area is 90.8 Å². The molecule has 6 nitrogen and oxygen atoms in total. The fraction of sp³-hybridized carbons (Fsp3) is 0. The Morgan fingerprint density at radius 1 is 1.44 bits per heavy atom. The molecule has 0 unspecified atom stereocenters. The SMILES string of the molecule is O=C([O-])/C=C\c1cccc(-n2cnnn2)c1. The topological polar surface area (TPSA) is 83.7 Å². The van der Waals surface area contributed by atoms with E-state index < -0.39 is 5.97 Å². The van der Waals surface area contributed by atoms with E-state index in [2.05, 4.69) is 15.5 Å². The van der Waals surface area contributed by atoms with Gasteiger partial charge in [0.2, 0.25) is 0 Å². The van der Waals surface area contributed by atoms with Gasteiger partial charge in [0.05, 0.1) is 11.7 Å². The summed E-state index contributed by atoms with van der Waals surface area (Å²) in [5.74, 6) is -1.23. The van der Waals surface area contributed by atoms with Crippen LogP contribution in [-0.2, 0) is 4.79 Å².